The smallest absolute Gasteiger partial charge is 0.339 e. The average Bonchev–Trinajstić information content (AvgIpc) is 2.80. The Kier molecular flexibility index (Phi) is 7.60. The molecule has 0 N–H and O–H groups in total. The van der Waals surface area contributed by atoms with Gasteiger partial charge in [0.1, 0.15) is 0 Å². The van der Waals surface area contributed by atoms with Crippen LogP contribution in [-0.4, -0.2) is 25.2 Å². The molecular weight excluding hydrogens is 388 g/mol. The van der Waals surface area contributed by atoms with Crippen molar-refractivity contribution in [2.45, 2.75) is 33.6 Å². The Morgan fingerprint density at radius 3 is 1.84 bits per heavy atom. The van der Waals surface area contributed by atoms with E-state index in [2.05, 4.69) is 6.92 Å². The van der Waals surface area contributed by atoms with Crippen molar-refractivity contribution in [2.24, 2.45) is 0 Å². The second-order valence-corrected chi connectivity index (χ2v) is 7.12. The minimum atomic E-state index is -0.514. The van der Waals surface area contributed by atoms with Gasteiger partial charge in [0.05, 0.1) is 24.3 Å². The molecule has 3 aromatic carbocycles. The van der Waals surface area contributed by atoms with E-state index in [0.29, 0.717) is 12.0 Å². The fraction of sp³-hybridized carbons (Fsp3) is 0.259. The third-order valence-electron chi connectivity index (χ3n) is 5.05. The first-order valence-electron chi connectivity index (χ1n) is 10.8. The molecule has 0 spiro atoms. The zero-order chi connectivity index (χ0) is 22.2. The van der Waals surface area contributed by atoms with Gasteiger partial charge in [-0.1, -0.05) is 74.0 Å². The molecule has 0 saturated carbocycles. The van der Waals surface area contributed by atoms with Gasteiger partial charge in [0.15, 0.2) is 0 Å². The Hall–Kier alpha value is -3.40. The highest BCUT2D eigenvalue weighted by atomic mass is 16.5. The van der Waals surface area contributed by atoms with Gasteiger partial charge in [0, 0.05) is 0 Å². The molecule has 0 bridgehead atoms. The summed E-state index contributed by atoms with van der Waals surface area (Å²) in [6, 6.07) is 21.7. The minimum Gasteiger partial charge on any atom is -0.462 e. The maximum Gasteiger partial charge on any atom is 0.339 e. The number of esters is 2. The lowest BCUT2D eigenvalue weighted by molar-refractivity contribution is 0.0478. The van der Waals surface area contributed by atoms with Crippen LogP contribution in [-0.2, 0) is 15.9 Å². The summed E-state index contributed by atoms with van der Waals surface area (Å²) in [6.07, 6.45) is 1.44. The lowest BCUT2D eigenvalue weighted by Crippen LogP contribution is -2.18. The van der Waals surface area contributed by atoms with Gasteiger partial charge in [0.25, 0.3) is 0 Å². The maximum atomic E-state index is 13.1. The van der Waals surface area contributed by atoms with Crippen LogP contribution in [0.1, 0.15) is 53.5 Å². The average molecular weight is 417 g/mol. The Balaban J connectivity index is 2.45. The summed E-state index contributed by atoms with van der Waals surface area (Å²) < 4.78 is 10.7. The van der Waals surface area contributed by atoms with Crippen LogP contribution >= 0.6 is 0 Å². The van der Waals surface area contributed by atoms with Crippen molar-refractivity contribution in [1.82, 2.24) is 0 Å². The minimum absolute atomic E-state index is 0.227. The summed E-state index contributed by atoms with van der Waals surface area (Å²) in [5, 5.41) is 0. The third kappa shape index (κ3) is 4.85. The van der Waals surface area contributed by atoms with Crippen LogP contribution in [0.5, 0.6) is 0 Å². The van der Waals surface area contributed by atoms with Crippen LogP contribution in [0, 0.1) is 0 Å². The largest absolute Gasteiger partial charge is 0.462 e. The van der Waals surface area contributed by atoms with Crippen LogP contribution < -0.4 is 0 Å². The topological polar surface area (TPSA) is 52.6 Å². The number of rotatable bonds is 8. The molecule has 3 rings (SSSR count). The summed E-state index contributed by atoms with van der Waals surface area (Å²) in [4.78, 5) is 26.0. The monoisotopic (exact) mass is 416 g/mol. The van der Waals surface area contributed by atoms with Gasteiger partial charge in [-0.25, -0.2) is 9.59 Å². The van der Waals surface area contributed by atoms with Crippen LogP contribution in [0.15, 0.2) is 66.7 Å². The Morgan fingerprint density at radius 2 is 1.29 bits per heavy atom. The molecule has 0 aliphatic rings. The van der Waals surface area contributed by atoms with E-state index in [1.54, 1.807) is 19.9 Å². The first-order chi connectivity index (χ1) is 15.1. The molecule has 4 heteroatoms. The van der Waals surface area contributed by atoms with Gasteiger partial charge >= 0.3 is 11.9 Å². The van der Waals surface area contributed by atoms with Crippen molar-refractivity contribution in [3.8, 4) is 22.3 Å². The summed E-state index contributed by atoms with van der Waals surface area (Å²) in [5.74, 6) is -1.01. The van der Waals surface area contributed by atoms with Gasteiger partial charge < -0.3 is 9.47 Å². The highest BCUT2D eigenvalue weighted by Gasteiger charge is 2.28. The number of carbonyl (C=O) groups is 2. The van der Waals surface area contributed by atoms with Crippen molar-refractivity contribution in [3.63, 3.8) is 0 Å². The molecule has 0 atom stereocenters. The van der Waals surface area contributed by atoms with Gasteiger partial charge in [0.2, 0.25) is 0 Å². The van der Waals surface area contributed by atoms with Gasteiger partial charge in [-0.2, -0.15) is 0 Å². The molecule has 3 aromatic rings. The molecule has 4 nitrogen and oxygen atoms in total. The lowest BCUT2D eigenvalue weighted by Gasteiger charge is -2.21. The lowest BCUT2D eigenvalue weighted by atomic mass is 9.83. The molecule has 160 valence electrons. The quantitative estimate of drug-likeness (QED) is 0.403. The van der Waals surface area contributed by atoms with E-state index in [9.17, 15) is 9.59 Å². The summed E-state index contributed by atoms with van der Waals surface area (Å²) in [6.45, 7) is 6.03. The second-order valence-electron chi connectivity index (χ2n) is 7.12. The third-order valence-corrected chi connectivity index (χ3v) is 5.05. The first kappa shape index (κ1) is 22.3. The molecule has 0 aliphatic carbocycles. The van der Waals surface area contributed by atoms with E-state index in [1.165, 1.54) is 0 Å². The van der Waals surface area contributed by atoms with Crippen molar-refractivity contribution >= 4 is 11.9 Å². The summed E-state index contributed by atoms with van der Waals surface area (Å²) in [5.41, 5.74) is 5.18. The van der Waals surface area contributed by atoms with E-state index in [-0.39, 0.29) is 18.8 Å². The van der Waals surface area contributed by atoms with Crippen molar-refractivity contribution in [2.75, 3.05) is 13.2 Å². The predicted octanol–water partition coefficient (Wildman–Crippen LogP) is 6.33. The number of hydrogen-bond donors (Lipinski definition) is 0. The van der Waals surface area contributed by atoms with E-state index in [0.717, 1.165) is 34.2 Å². The zero-order valence-corrected chi connectivity index (χ0v) is 18.3. The Bertz CT molecular complexity index is 1040. The van der Waals surface area contributed by atoms with E-state index in [1.807, 2.05) is 60.7 Å². The van der Waals surface area contributed by atoms with Gasteiger partial charge in [-0.05, 0) is 54.2 Å². The molecule has 0 fully saturated rings. The van der Waals surface area contributed by atoms with Crippen LogP contribution in [0.25, 0.3) is 22.3 Å². The molecule has 0 aromatic heterocycles. The first-order valence-corrected chi connectivity index (χ1v) is 10.8. The molecule has 31 heavy (non-hydrogen) atoms. The molecule has 0 aliphatic heterocycles. The molecule has 0 amide bonds. The van der Waals surface area contributed by atoms with Crippen LogP contribution in [0.3, 0.4) is 0 Å². The van der Waals surface area contributed by atoms with Crippen LogP contribution in [0.4, 0.5) is 0 Å². The van der Waals surface area contributed by atoms with E-state index >= 15 is 0 Å². The summed E-state index contributed by atoms with van der Waals surface area (Å²) >= 11 is 0. The number of ether oxygens (including phenoxy) is 2. The second kappa shape index (κ2) is 10.6. The van der Waals surface area contributed by atoms with E-state index < -0.39 is 11.9 Å². The van der Waals surface area contributed by atoms with E-state index in [4.69, 9.17) is 9.47 Å². The SMILES string of the molecule is CCCc1c(C(=O)OCC)c(C(=O)OCC)cc(-c2ccccc2)c1-c1ccccc1. The Labute approximate surface area is 183 Å². The number of hydrogen-bond acceptors (Lipinski definition) is 4. The number of benzene rings is 3. The van der Waals surface area contributed by atoms with Crippen molar-refractivity contribution in [1.29, 1.82) is 0 Å². The van der Waals surface area contributed by atoms with Gasteiger partial charge in [-0.3, -0.25) is 0 Å². The normalized spacial score (nSPS) is 10.5. The van der Waals surface area contributed by atoms with Crippen molar-refractivity contribution in [3.05, 3.63) is 83.4 Å². The molecular formula is C27H28O4. The predicted molar refractivity (Wildman–Crippen MR) is 123 cm³/mol. The Morgan fingerprint density at radius 1 is 0.742 bits per heavy atom. The molecule has 0 saturated heterocycles. The highest BCUT2D eigenvalue weighted by molar-refractivity contribution is 6.08. The van der Waals surface area contributed by atoms with Crippen LogP contribution in [0.2, 0.25) is 0 Å². The number of carbonyl (C=O) groups excluding carboxylic acids is 2. The summed E-state index contributed by atoms with van der Waals surface area (Å²) in [7, 11) is 0. The molecule has 0 unspecified atom stereocenters. The molecule has 0 radical (unpaired) electrons. The van der Waals surface area contributed by atoms with Crippen molar-refractivity contribution < 1.29 is 19.1 Å². The molecule has 0 heterocycles. The fourth-order valence-corrected chi connectivity index (χ4v) is 3.82. The highest BCUT2D eigenvalue weighted by Crippen LogP contribution is 2.39. The standard InChI is InChI=1S/C27H28O4/c1-4-13-21-24(20-16-11-8-12-17-20)22(19-14-9-7-10-15-19)18-23(26(28)30-5-2)25(21)27(29)31-6-3/h7-12,14-18H,4-6,13H2,1-3H3. The van der Waals surface area contributed by atoms with Gasteiger partial charge in [-0.15, -0.1) is 0 Å². The fourth-order valence-electron chi connectivity index (χ4n) is 3.82. The zero-order valence-electron chi connectivity index (χ0n) is 18.3. The maximum absolute atomic E-state index is 13.1.